The highest BCUT2D eigenvalue weighted by Crippen LogP contribution is 2.28. The van der Waals surface area contributed by atoms with Gasteiger partial charge in [-0.2, -0.15) is 0 Å². The fourth-order valence-corrected chi connectivity index (χ4v) is 5.06. The van der Waals surface area contributed by atoms with Gasteiger partial charge in [0.05, 0.1) is 22.2 Å². The largest absolute Gasteiger partial charge is 0.396 e. The molecule has 3 amide bonds. The van der Waals surface area contributed by atoms with E-state index in [0.29, 0.717) is 6.42 Å². The van der Waals surface area contributed by atoms with Gasteiger partial charge in [0.25, 0.3) is 0 Å². The quantitative estimate of drug-likeness (QED) is 0.403. The lowest BCUT2D eigenvalue weighted by atomic mass is 9.85. The molecule has 0 saturated carbocycles. The van der Waals surface area contributed by atoms with Crippen LogP contribution in [0.2, 0.25) is 0 Å². The van der Waals surface area contributed by atoms with Crippen LogP contribution >= 0.6 is 11.3 Å². The third-order valence-corrected chi connectivity index (χ3v) is 7.25. The van der Waals surface area contributed by atoms with Gasteiger partial charge in [-0.3, -0.25) is 14.4 Å². The van der Waals surface area contributed by atoms with E-state index in [1.807, 2.05) is 57.5 Å². The van der Waals surface area contributed by atoms with Gasteiger partial charge in [0.2, 0.25) is 17.7 Å². The highest BCUT2D eigenvalue weighted by atomic mass is 32.1. The number of amides is 3. The van der Waals surface area contributed by atoms with Crippen LogP contribution in [0.15, 0.2) is 29.8 Å². The van der Waals surface area contributed by atoms with Crippen LogP contribution < -0.4 is 10.6 Å². The average molecular weight is 517 g/mol. The second kappa shape index (κ2) is 11.9. The third kappa shape index (κ3) is 6.89. The van der Waals surface area contributed by atoms with E-state index < -0.39 is 29.5 Å². The standard InChI is InChI=1S/C26H36N4O5S/c1-16-22(36-15-28-16)18-9-7-17(8-10-18)13-27-24(34)20-12-19(32)14-30(20)25(35)23(26(2,3)4)29-21(33)6-5-11-31/h7-10,15,19-20,23,31-32H,5-6,11-14H2,1-4H3,(H,27,34)(H,29,33)/t19-,20+,23?/m1/s1. The van der Waals surface area contributed by atoms with Crippen LogP contribution in [0.1, 0.15) is 51.3 Å². The van der Waals surface area contributed by atoms with Crippen molar-refractivity contribution in [3.8, 4) is 10.4 Å². The van der Waals surface area contributed by atoms with E-state index >= 15 is 0 Å². The molecule has 196 valence electrons. The van der Waals surface area contributed by atoms with Crippen molar-refractivity contribution in [2.24, 2.45) is 5.41 Å². The molecule has 3 atom stereocenters. The molecule has 1 saturated heterocycles. The number of aliphatic hydroxyl groups excluding tert-OH is 2. The molecule has 1 aromatic heterocycles. The number of thiazole rings is 1. The summed E-state index contributed by atoms with van der Waals surface area (Å²) < 4.78 is 0. The maximum absolute atomic E-state index is 13.5. The zero-order valence-corrected chi connectivity index (χ0v) is 22.1. The summed E-state index contributed by atoms with van der Waals surface area (Å²) in [5.41, 5.74) is 4.15. The minimum absolute atomic E-state index is 0.0267. The molecular weight excluding hydrogens is 480 g/mol. The summed E-state index contributed by atoms with van der Waals surface area (Å²) in [6.07, 6.45) is -0.284. The first-order valence-electron chi connectivity index (χ1n) is 12.2. The molecule has 0 spiro atoms. The van der Waals surface area contributed by atoms with Gasteiger partial charge in [-0.25, -0.2) is 4.98 Å². The zero-order chi connectivity index (χ0) is 26.5. The van der Waals surface area contributed by atoms with E-state index in [4.69, 9.17) is 5.11 Å². The lowest BCUT2D eigenvalue weighted by molar-refractivity contribution is -0.144. The fourth-order valence-electron chi connectivity index (χ4n) is 4.25. The number of carbonyl (C=O) groups excluding carboxylic acids is 3. The van der Waals surface area contributed by atoms with Gasteiger partial charge < -0.3 is 25.7 Å². The van der Waals surface area contributed by atoms with E-state index in [1.54, 1.807) is 11.3 Å². The highest BCUT2D eigenvalue weighted by Gasteiger charge is 2.44. The molecule has 1 aliphatic rings. The average Bonchev–Trinajstić information content (AvgIpc) is 3.44. The first-order chi connectivity index (χ1) is 17.0. The van der Waals surface area contributed by atoms with E-state index in [2.05, 4.69) is 15.6 Å². The number of hydrogen-bond acceptors (Lipinski definition) is 7. The first kappa shape index (κ1) is 27.8. The predicted octanol–water partition coefficient (Wildman–Crippen LogP) is 2.00. The van der Waals surface area contributed by atoms with Crippen molar-refractivity contribution in [3.63, 3.8) is 0 Å². The Balaban J connectivity index is 1.66. The van der Waals surface area contributed by atoms with Crippen molar-refractivity contribution in [3.05, 3.63) is 41.0 Å². The van der Waals surface area contributed by atoms with Crippen LogP contribution in [0.3, 0.4) is 0 Å². The number of aliphatic hydroxyl groups is 2. The van der Waals surface area contributed by atoms with Gasteiger partial charge in [-0.05, 0) is 29.9 Å². The van der Waals surface area contributed by atoms with Crippen LogP contribution in [0.5, 0.6) is 0 Å². The second-order valence-electron chi connectivity index (χ2n) is 10.3. The van der Waals surface area contributed by atoms with E-state index in [0.717, 1.165) is 21.7 Å². The number of benzene rings is 1. The van der Waals surface area contributed by atoms with Crippen molar-refractivity contribution in [2.45, 2.75) is 71.7 Å². The van der Waals surface area contributed by atoms with Gasteiger partial charge in [-0.1, -0.05) is 45.0 Å². The number of rotatable bonds is 9. The predicted molar refractivity (Wildman–Crippen MR) is 138 cm³/mol. The summed E-state index contributed by atoms with van der Waals surface area (Å²) in [5.74, 6) is -1.09. The van der Waals surface area contributed by atoms with Crippen molar-refractivity contribution < 1.29 is 24.6 Å². The lowest BCUT2D eigenvalue weighted by Gasteiger charge is -2.35. The number of hydrogen-bond donors (Lipinski definition) is 4. The number of carbonyl (C=O) groups is 3. The molecule has 36 heavy (non-hydrogen) atoms. The summed E-state index contributed by atoms with van der Waals surface area (Å²) in [7, 11) is 0. The Bertz CT molecular complexity index is 1060. The molecule has 2 aromatic rings. The van der Waals surface area contributed by atoms with Gasteiger partial charge in [0.1, 0.15) is 12.1 Å². The van der Waals surface area contributed by atoms with Crippen molar-refractivity contribution in [1.82, 2.24) is 20.5 Å². The van der Waals surface area contributed by atoms with E-state index in [-0.39, 0.29) is 44.4 Å². The molecule has 4 N–H and O–H groups in total. The SMILES string of the molecule is Cc1ncsc1-c1ccc(CNC(=O)[C@@H]2C[C@@H](O)CN2C(=O)C(NC(=O)CCCO)C(C)(C)C)cc1. The maximum Gasteiger partial charge on any atom is 0.246 e. The minimum atomic E-state index is -0.868. The Morgan fingerprint density at radius 1 is 1.22 bits per heavy atom. The topological polar surface area (TPSA) is 132 Å². The summed E-state index contributed by atoms with van der Waals surface area (Å²) in [4.78, 5) is 45.6. The highest BCUT2D eigenvalue weighted by molar-refractivity contribution is 7.13. The molecule has 0 radical (unpaired) electrons. The number of nitrogens with zero attached hydrogens (tertiary/aromatic N) is 2. The molecule has 1 fully saturated rings. The number of β-amino-alcohol motifs (C(OH)–C–C–N with tert-alkyl or cyclic N) is 1. The second-order valence-corrected chi connectivity index (χ2v) is 11.1. The van der Waals surface area contributed by atoms with Crippen LogP contribution in [-0.4, -0.2) is 69.2 Å². The number of likely N-dealkylation sites (tertiary alicyclic amines) is 1. The van der Waals surface area contributed by atoms with Crippen LogP contribution in [0, 0.1) is 12.3 Å². The Morgan fingerprint density at radius 2 is 1.92 bits per heavy atom. The van der Waals surface area contributed by atoms with Gasteiger partial charge in [-0.15, -0.1) is 11.3 Å². The molecule has 0 bridgehead atoms. The Kier molecular flexibility index (Phi) is 9.21. The van der Waals surface area contributed by atoms with Crippen molar-refractivity contribution in [2.75, 3.05) is 13.2 Å². The van der Waals surface area contributed by atoms with Crippen molar-refractivity contribution in [1.29, 1.82) is 0 Å². The number of aromatic nitrogens is 1. The minimum Gasteiger partial charge on any atom is -0.396 e. The lowest BCUT2D eigenvalue weighted by Crippen LogP contribution is -2.57. The molecule has 1 aromatic carbocycles. The number of nitrogens with one attached hydrogen (secondary N) is 2. The van der Waals surface area contributed by atoms with E-state index in [1.165, 1.54) is 4.90 Å². The van der Waals surface area contributed by atoms with E-state index in [9.17, 15) is 19.5 Å². The Morgan fingerprint density at radius 3 is 2.50 bits per heavy atom. The molecule has 1 unspecified atom stereocenters. The fraction of sp³-hybridized carbons (Fsp3) is 0.538. The Labute approximate surface area is 215 Å². The van der Waals surface area contributed by atoms with Crippen LogP contribution in [0.4, 0.5) is 0 Å². The normalized spacial score (nSPS) is 18.7. The number of aryl methyl sites for hydroxylation is 1. The summed E-state index contributed by atoms with van der Waals surface area (Å²) in [6, 6.07) is 6.17. The van der Waals surface area contributed by atoms with Crippen molar-refractivity contribution >= 4 is 29.1 Å². The Hall–Kier alpha value is -2.82. The summed E-state index contributed by atoms with van der Waals surface area (Å²) >= 11 is 1.58. The molecule has 10 heteroatoms. The van der Waals surface area contributed by atoms with Gasteiger partial charge in [0.15, 0.2) is 0 Å². The van der Waals surface area contributed by atoms with Crippen LogP contribution in [-0.2, 0) is 20.9 Å². The molecular formula is C26H36N4O5S. The maximum atomic E-state index is 13.5. The molecule has 3 rings (SSSR count). The zero-order valence-electron chi connectivity index (χ0n) is 21.3. The summed E-state index contributed by atoms with van der Waals surface area (Å²) in [5, 5.41) is 24.9. The van der Waals surface area contributed by atoms with Crippen LogP contribution in [0.25, 0.3) is 10.4 Å². The van der Waals surface area contributed by atoms with Gasteiger partial charge in [0, 0.05) is 32.5 Å². The molecule has 1 aliphatic heterocycles. The smallest absolute Gasteiger partial charge is 0.246 e. The monoisotopic (exact) mass is 516 g/mol. The molecule has 2 heterocycles. The molecule has 9 nitrogen and oxygen atoms in total. The summed E-state index contributed by atoms with van der Waals surface area (Å²) in [6.45, 7) is 7.67. The third-order valence-electron chi connectivity index (χ3n) is 6.27. The molecule has 0 aliphatic carbocycles. The van der Waals surface area contributed by atoms with Gasteiger partial charge >= 0.3 is 0 Å². The first-order valence-corrected chi connectivity index (χ1v) is 13.0.